The SMILES string of the molecule is CC(CC(=O)N1C2CC3(C)CC1CC(C)(C2)C3)c1c[nH]c2ccc(F)c([OH+]C3CC3)c12. The zero-order valence-electron chi connectivity index (χ0n) is 18.9. The summed E-state index contributed by atoms with van der Waals surface area (Å²) in [5.74, 6) is 0.524. The number of benzene rings is 1. The number of halogens is 1. The first-order valence-corrected chi connectivity index (χ1v) is 12.1. The van der Waals surface area contributed by atoms with Crippen molar-refractivity contribution >= 4 is 16.8 Å². The van der Waals surface area contributed by atoms with E-state index in [-0.39, 0.29) is 23.7 Å². The number of hydrogen-bond donors (Lipinski definition) is 1. The Kier molecular flexibility index (Phi) is 4.11. The third-order valence-corrected chi connectivity index (χ3v) is 8.51. The van der Waals surface area contributed by atoms with E-state index < -0.39 is 0 Å². The molecular formula is C26H34FN2O2+. The first-order valence-electron chi connectivity index (χ1n) is 12.1. The van der Waals surface area contributed by atoms with Gasteiger partial charge in [0.1, 0.15) is 5.39 Å². The Morgan fingerprint density at radius 1 is 1.19 bits per heavy atom. The fourth-order valence-electron chi connectivity index (χ4n) is 7.59. The Labute approximate surface area is 183 Å². The van der Waals surface area contributed by atoms with E-state index in [0.717, 1.165) is 55.0 Å². The van der Waals surface area contributed by atoms with E-state index in [0.29, 0.717) is 35.1 Å². The van der Waals surface area contributed by atoms with E-state index in [2.05, 4.69) is 35.4 Å². The molecule has 31 heavy (non-hydrogen) atoms. The van der Waals surface area contributed by atoms with Crippen LogP contribution in [0.25, 0.3) is 10.9 Å². The number of ether oxygens (including phenoxy) is 1. The van der Waals surface area contributed by atoms with Crippen molar-refractivity contribution < 1.29 is 13.9 Å². The standard InChI is InChI=1S/C26H33FN2O2/c1-15(19-13-28-21-7-6-20(27)24(23(19)21)31-18-4-5-18)8-22(30)29-16-9-25(2)10-17(29)12-26(3,11-16)14-25/h6-7,13,15-18,28H,4-5,8-12,14H2,1-3H3/p+1. The molecular weight excluding hydrogens is 391 g/mol. The molecule has 5 aliphatic rings. The average Bonchev–Trinajstić information content (AvgIpc) is 3.37. The minimum absolute atomic E-state index is 0.0274. The third-order valence-electron chi connectivity index (χ3n) is 8.51. The second-order valence-corrected chi connectivity index (χ2v) is 11.8. The molecule has 5 heteroatoms. The van der Waals surface area contributed by atoms with Gasteiger partial charge in [-0.05, 0) is 66.5 Å². The highest BCUT2D eigenvalue weighted by Crippen LogP contribution is 2.61. The van der Waals surface area contributed by atoms with E-state index >= 15 is 0 Å². The van der Waals surface area contributed by atoms with E-state index in [1.54, 1.807) is 6.07 Å². The van der Waals surface area contributed by atoms with Crippen LogP contribution in [0.15, 0.2) is 18.3 Å². The van der Waals surface area contributed by atoms with Crippen molar-refractivity contribution in [3.8, 4) is 5.75 Å². The van der Waals surface area contributed by atoms with Crippen LogP contribution in [0, 0.1) is 16.6 Å². The molecule has 1 aromatic heterocycles. The molecule has 2 saturated heterocycles. The van der Waals surface area contributed by atoms with Crippen LogP contribution in [0.2, 0.25) is 0 Å². The van der Waals surface area contributed by atoms with Crippen molar-refractivity contribution in [1.29, 1.82) is 0 Å². The van der Waals surface area contributed by atoms with Gasteiger partial charge in [-0.2, -0.15) is 4.39 Å². The molecule has 5 fully saturated rings. The van der Waals surface area contributed by atoms with Gasteiger partial charge in [-0.3, -0.25) is 4.79 Å². The van der Waals surface area contributed by atoms with Crippen LogP contribution in [0.3, 0.4) is 0 Å². The first kappa shape index (κ1) is 19.6. The Bertz CT molecular complexity index is 1020. The highest BCUT2D eigenvalue weighted by atomic mass is 19.1. The van der Waals surface area contributed by atoms with Gasteiger partial charge in [-0.25, -0.2) is 0 Å². The quantitative estimate of drug-likeness (QED) is 0.607. The minimum Gasteiger partial charge on any atom is -0.578 e. The van der Waals surface area contributed by atoms with Crippen LogP contribution in [0.1, 0.15) is 83.6 Å². The van der Waals surface area contributed by atoms with Gasteiger partial charge in [0.2, 0.25) is 11.7 Å². The number of H-pyrrole nitrogens is 1. The summed E-state index contributed by atoms with van der Waals surface area (Å²) in [4.78, 5) is 19.1. The zero-order valence-corrected chi connectivity index (χ0v) is 18.9. The second-order valence-electron chi connectivity index (χ2n) is 11.8. The number of piperidine rings is 2. The lowest BCUT2D eigenvalue weighted by molar-refractivity contribution is -0.168. The number of aromatic nitrogens is 1. The number of nitrogens with zero attached hydrogens (tertiary/aromatic N) is 1. The number of fused-ring (bicyclic) bond motifs is 1. The number of aliphatic hydroxyl groups is 1. The summed E-state index contributed by atoms with van der Waals surface area (Å²) < 4.78 is 19.3. The Morgan fingerprint density at radius 2 is 1.84 bits per heavy atom. The molecule has 1 amide bonds. The van der Waals surface area contributed by atoms with Crippen LogP contribution in [-0.2, 0) is 4.79 Å². The molecule has 4 bridgehead atoms. The summed E-state index contributed by atoms with van der Waals surface area (Å²) in [5.41, 5.74) is 2.75. The molecule has 1 aromatic carbocycles. The molecule has 0 spiro atoms. The smallest absolute Gasteiger partial charge is 0.301 e. The van der Waals surface area contributed by atoms with E-state index in [1.165, 1.54) is 12.5 Å². The van der Waals surface area contributed by atoms with Gasteiger partial charge in [-0.1, -0.05) is 20.8 Å². The number of carbonyl (C=O) groups excluding carboxylic acids is 1. The van der Waals surface area contributed by atoms with Crippen molar-refractivity contribution in [2.24, 2.45) is 10.8 Å². The van der Waals surface area contributed by atoms with Crippen molar-refractivity contribution in [1.82, 2.24) is 9.88 Å². The Hall–Kier alpha value is -2.04. The molecule has 0 radical (unpaired) electrons. The van der Waals surface area contributed by atoms with Gasteiger partial charge < -0.3 is 14.6 Å². The highest BCUT2D eigenvalue weighted by molar-refractivity contribution is 5.90. The third kappa shape index (κ3) is 3.18. The van der Waals surface area contributed by atoms with E-state index in [1.807, 2.05) is 6.20 Å². The van der Waals surface area contributed by atoms with Gasteiger partial charge in [0, 0.05) is 37.5 Å². The number of aromatic hydroxyl groups is 1. The molecule has 2 aromatic rings. The summed E-state index contributed by atoms with van der Waals surface area (Å²) in [5, 5.41) is 0.868. The maximum absolute atomic E-state index is 14.7. The van der Waals surface area contributed by atoms with Gasteiger partial charge in [0.15, 0.2) is 6.10 Å². The normalized spacial score (nSPS) is 35.0. The monoisotopic (exact) mass is 425 g/mol. The molecule has 3 saturated carbocycles. The Morgan fingerprint density at radius 3 is 2.45 bits per heavy atom. The predicted octanol–water partition coefficient (Wildman–Crippen LogP) is 5.77. The predicted molar refractivity (Wildman–Crippen MR) is 120 cm³/mol. The zero-order chi connectivity index (χ0) is 21.5. The molecule has 2 N–H and O–H groups in total. The van der Waals surface area contributed by atoms with Crippen LogP contribution >= 0.6 is 0 Å². The van der Waals surface area contributed by atoms with Crippen LogP contribution in [0.4, 0.5) is 4.39 Å². The van der Waals surface area contributed by atoms with Gasteiger partial charge in [-0.15, -0.1) is 0 Å². The first-order chi connectivity index (χ1) is 14.7. The van der Waals surface area contributed by atoms with Gasteiger partial charge >= 0.3 is 5.75 Å². The number of carbonyl (C=O) groups is 1. The van der Waals surface area contributed by atoms with Crippen LogP contribution < -0.4 is 0 Å². The summed E-state index contributed by atoms with van der Waals surface area (Å²) in [6, 6.07) is 4.09. The molecule has 4 nitrogen and oxygen atoms in total. The Balaban J connectivity index is 1.26. The largest absolute Gasteiger partial charge is 0.578 e. The molecule has 3 heterocycles. The van der Waals surface area contributed by atoms with E-state index in [9.17, 15) is 9.18 Å². The lowest BCUT2D eigenvalue weighted by Gasteiger charge is -2.64. The lowest BCUT2D eigenvalue weighted by Crippen LogP contribution is -2.65. The number of amides is 1. The van der Waals surface area contributed by atoms with Crippen molar-refractivity contribution in [2.45, 2.75) is 96.2 Å². The number of hydrogen-bond acceptors (Lipinski definition) is 1. The topological polar surface area (TPSA) is 48.9 Å². The van der Waals surface area contributed by atoms with Crippen molar-refractivity contribution in [3.05, 3.63) is 29.7 Å². The number of nitrogens with one attached hydrogen (secondary N) is 1. The summed E-state index contributed by atoms with van der Waals surface area (Å²) in [6.45, 7) is 6.96. The fourth-order valence-corrected chi connectivity index (χ4v) is 7.59. The maximum atomic E-state index is 14.7. The summed E-state index contributed by atoms with van der Waals surface area (Å²) >= 11 is 0. The fraction of sp³-hybridized carbons (Fsp3) is 0.654. The van der Waals surface area contributed by atoms with Gasteiger partial charge in [0.25, 0.3) is 0 Å². The maximum Gasteiger partial charge on any atom is 0.301 e. The van der Waals surface area contributed by atoms with Crippen molar-refractivity contribution in [3.63, 3.8) is 0 Å². The molecule has 1 atom stereocenters. The van der Waals surface area contributed by atoms with E-state index in [4.69, 9.17) is 0 Å². The van der Waals surface area contributed by atoms with Gasteiger partial charge in [0.05, 0.1) is 5.52 Å². The summed E-state index contributed by atoms with van der Waals surface area (Å²) in [7, 11) is 0. The number of rotatable bonds is 5. The number of aromatic amines is 1. The highest BCUT2D eigenvalue weighted by Gasteiger charge is 2.58. The lowest BCUT2D eigenvalue weighted by atomic mass is 9.50. The van der Waals surface area contributed by atoms with Crippen LogP contribution in [0.5, 0.6) is 5.75 Å². The summed E-state index contributed by atoms with van der Waals surface area (Å²) in [6.07, 6.45) is 10.7. The molecule has 7 rings (SSSR count). The molecule has 3 aliphatic carbocycles. The molecule has 1 unspecified atom stereocenters. The second kappa shape index (κ2) is 6.49. The minimum atomic E-state index is -0.259. The average molecular weight is 426 g/mol. The molecule has 2 aliphatic heterocycles. The van der Waals surface area contributed by atoms with Crippen molar-refractivity contribution in [2.75, 3.05) is 0 Å². The molecule has 166 valence electrons. The van der Waals surface area contributed by atoms with Crippen LogP contribution in [-0.4, -0.2) is 38.7 Å².